The van der Waals surface area contributed by atoms with Crippen LogP contribution < -0.4 is 4.74 Å². The van der Waals surface area contributed by atoms with Crippen molar-refractivity contribution in [3.05, 3.63) is 41.7 Å². The van der Waals surface area contributed by atoms with Crippen LogP contribution in [0.25, 0.3) is 0 Å². The molecule has 1 aromatic heterocycles. The van der Waals surface area contributed by atoms with Crippen molar-refractivity contribution in [1.29, 1.82) is 0 Å². The highest BCUT2D eigenvalue weighted by molar-refractivity contribution is 5.86. The Kier molecular flexibility index (Phi) is 4.89. The Labute approximate surface area is 122 Å². The molecule has 0 amide bonds. The molecule has 1 heterocycles. The Hall–Kier alpha value is -2.41. The average molecular weight is 291 g/mol. The second kappa shape index (κ2) is 6.85. The van der Waals surface area contributed by atoms with E-state index in [4.69, 9.17) is 9.47 Å². The molecule has 2 rings (SSSR count). The highest BCUT2D eigenvalue weighted by Crippen LogP contribution is 2.25. The van der Waals surface area contributed by atoms with E-state index in [1.807, 2.05) is 12.1 Å². The first-order valence-electron chi connectivity index (χ1n) is 6.54. The number of methoxy groups -OCH3 is 1. The van der Waals surface area contributed by atoms with Crippen molar-refractivity contribution >= 4 is 5.97 Å². The van der Waals surface area contributed by atoms with Crippen LogP contribution in [-0.4, -0.2) is 39.8 Å². The zero-order chi connectivity index (χ0) is 15.2. The molecule has 0 fully saturated rings. The molecule has 0 saturated heterocycles. The van der Waals surface area contributed by atoms with Gasteiger partial charge in [0.1, 0.15) is 11.9 Å². The largest absolute Gasteiger partial charge is 0.496 e. The van der Waals surface area contributed by atoms with E-state index < -0.39 is 12.1 Å². The van der Waals surface area contributed by atoms with Gasteiger partial charge in [0, 0.05) is 5.56 Å². The molecule has 0 radical (unpaired) electrons. The number of aromatic nitrogens is 3. The molecule has 112 valence electrons. The van der Waals surface area contributed by atoms with Gasteiger partial charge in [-0.05, 0) is 13.0 Å². The number of para-hydroxylation sites is 1. The Bertz CT molecular complexity index is 612. The number of carbonyl (C=O) groups excluding carboxylic acids is 1. The molecular formula is C14H17N3O4. The third-order valence-electron chi connectivity index (χ3n) is 2.88. The third-order valence-corrected chi connectivity index (χ3v) is 2.88. The molecule has 2 aromatic rings. The molecule has 0 aliphatic carbocycles. The van der Waals surface area contributed by atoms with E-state index in [9.17, 15) is 9.90 Å². The SMILES string of the molecule is CCOC(=O)c1cn(C[C@@H](O)c2ccccc2OC)nn1. The van der Waals surface area contributed by atoms with E-state index in [2.05, 4.69) is 10.3 Å². The van der Waals surface area contributed by atoms with Crippen LogP contribution in [0.4, 0.5) is 0 Å². The van der Waals surface area contributed by atoms with Crippen molar-refractivity contribution in [2.45, 2.75) is 19.6 Å². The third kappa shape index (κ3) is 3.57. The van der Waals surface area contributed by atoms with Crippen LogP contribution in [0.15, 0.2) is 30.5 Å². The van der Waals surface area contributed by atoms with Gasteiger partial charge in [-0.3, -0.25) is 0 Å². The van der Waals surface area contributed by atoms with Crippen LogP contribution in [0.5, 0.6) is 5.75 Å². The summed E-state index contributed by atoms with van der Waals surface area (Å²) in [5.41, 5.74) is 0.761. The molecule has 1 aromatic carbocycles. The summed E-state index contributed by atoms with van der Waals surface area (Å²) in [4.78, 5) is 11.5. The van der Waals surface area contributed by atoms with Gasteiger partial charge in [-0.1, -0.05) is 23.4 Å². The quantitative estimate of drug-likeness (QED) is 0.805. The molecule has 0 spiro atoms. The number of aliphatic hydroxyl groups excluding tert-OH is 1. The lowest BCUT2D eigenvalue weighted by Crippen LogP contribution is -2.10. The highest BCUT2D eigenvalue weighted by Gasteiger charge is 2.16. The van der Waals surface area contributed by atoms with Gasteiger partial charge in [-0.15, -0.1) is 5.10 Å². The van der Waals surface area contributed by atoms with Crippen molar-refractivity contribution in [3.63, 3.8) is 0 Å². The fourth-order valence-corrected chi connectivity index (χ4v) is 1.90. The average Bonchev–Trinajstić information content (AvgIpc) is 2.96. The van der Waals surface area contributed by atoms with Crippen LogP contribution in [0.2, 0.25) is 0 Å². The van der Waals surface area contributed by atoms with Gasteiger partial charge < -0.3 is 14.6 Å². The number of hydrogen-bond donors (Lipinski definition) is 1. The van der Waals surface area contributed by atoms with Gasteiger partial charge in [0.25, 0.3) is 0 Å². The minimum Gasteiger partial charge on any atom is -0.496 e. The molecule has 0 bridgehead atoms. The molecule has 0 aliphatic heterocycles. The number of carbonyl (C=O) groups is 1. The first-order chi connectivity index (χ1) is 10.2. The maximum atomic E-state index is 11.5. The maximum Gasteiger partial charge on any atom is 0.360 e. The molecule has 7 nitrogen and oxygen atoms in total. The summed E-state index contributed by atoms with van der Waals surface area (Å²) in [6.07, 6.45) is 0.620. The Morgan fingerprint density at radius 2 is 2.19 bits per heavy atom. The number of nitrogens with zero attached hydrogens (tertiary/aromatic N) is 3. The number of ether oxygens (including phenoxy) is 2. The van der Waals surface area contributed by atoms with E-state index in [1.165, 1.54) is 10.9 Å². The van der Waals surface area contributed by atoms with Gasteiger partial charge in [-0.2, -0.15) is 0 Å². The Balaban J connectivity index is 2.09. The summed E-state index contributed by atoms with van der Waals surface area (Å²) < 4.78 is 11.4. The first kappa shape index (κ1) is 15.0. The molecule has 0 saturated carbocycles. The second-order valence-corrected chi connectivity index (χ2v) is 4.30. The smallest absolute Gasteiger partial charge is 0.360 e. The van der Waals surface area contributed by atoms with Crippen LogP contribution in [0.3, 0.4) is 0 Å². The van der Waals surface area contributed by atoms with Crippen LogP contribution in [0, 0.1) is 0 Å². The number of hydrogen-bond acceptors (Lipinski definition) is 6. The van der Waals surface area contributed by atoms with Crippen molar-refractivity contribution in [3.8, 4) is 5.75 Å². The molecular weight excluding hydrogens is 274 g/mol. The van der Waals surface area contributed by atoms with Gasteiger partial charge in [0.05, 0.1) is 26.5 Å². The van der Waals surface area contributed by atoms with E-state index in [1.54, 1.807) is 26.2 Å². The summed E-state index contributed by atoms with van der Waals surface area (Å²) in [6.45, 7) is 2.15. The monoisotopic (exact) mass is 291 g/mol. The van der Waals surface area contributed by atoms with Gasteiger partial charge in [-0.25, -0.2) is 9.48 Å². The Morgan fingerprint density at radius 3 is 2.90 bits per heavy atom. The zero-order valence-electron chi connectivity index (χ0n) is 11.9. The van der Waals surface area contributed by atoms with Crippen LogP contribution in [-0.2, 0) is 11.3 Å². The molecule has 1 N–H and O–H groups in total. The second-order valence-electron chi connectivity index (χ2n) is 4.30. The number of rotatable bonds is 6. The van der Waals surface area contributed by atoms with Crippen molar-refractivity contribution < 1.29 is 19.4 Å². The minimum atomic E-state index is -0.821. The Morgan fingerprint density at radius 1 is 1.43 bits per heavy atom. The predicted octanol–water partition coefficient (Wildman–Crippen LogP) is 1.20. The number of benzene rings is 1. The molecule has 0 unspecified atom stereocenters. The van der Waals surface area contributed by atoms with Gasteiger partial charge in [0.2, 0.25) is 0 Å². The van der Waals surface area contributed by atoms with Crippen molar-refractivity contribution in [2.75, 3.05) is 13.7 Å². The van der Waals surface area contributed by atoms with E-state index in [0.717, 1.165) is 0 Å². The number of esters is 1. The minimum absolute atomic E-state index is 0.115. The summed E-state index contributed by atoms with van der Waals surface area (Å²) in [6, 6.07) is 7.17. The molecule has 7 heteroatoms. The standard InChI is InChI=1S/C14H17N3O4/c1-3-21-14(19)11-8-17(16-15-11)9-12(18)10-6-4-5-7-13(10)20-2/h4-8,12,18H,3,9H2,1-2H3/t12-/m1/s1. The topological polar surface area (TPSA) is 86.5 Å². The highest BCUT2D eigenvalue weighted by atomic mass is 16.5. The van der Waals surface area contributed by atoms with E-state index in [0.29, 0.717) is 11.3 Å². The maximum absolute atomic E-state index is 11.5. The lowest BCUT2D eigenvalue weighted by atomic mass is 10.1. The fraction of sp³-hybridized carbons (Fsp3) is 0.357. The normalized spacial score (nSPS) is 12.0. The summed E-state index contributed by atoms with van der Waals surface area (Å²) in [5.74, 6) is 0.0614. The first-order valence-corrected chi connectivity index (χ1v) is 6.54. The van der Waals surface area contributed by atoms with E-state index in [-0.39, 0.29) is 18.8 Å². The summed E-state index contributed by atoms with van der Waals surface area (Å²) in [5, 5.41) is 17.8. The van der Waals surface area contributed by atoms with Crippen LogP contribution >= 0.6 is 0 Å². The lowest BCUT2D eigenvalue weighted by molar-refractivity contribution is 0.0519. The van der Waals surface area contributed by atoms with Gasteiger partial charge in [0.15, 0.2) is 5.69 Å². The summed E-state index contributed by atoms with van der Waals surface area (Å²) in [7, 11) is 1.54. The number of aliphatic hydroxyl groups is 1. The van der Waals surface area contributed by atoms with Crippen molar-refractivity contribution in [1.82, 2.24) is 15.0 Å². The summed E-state index contributed by atoms with van der Waals surface area (Å²) >= 11 is 0. The molecule has 21 heavy (non-hydrogen) atoms. The van der Waals surface area contributed by atoms with Crippen molar-refractivity contribution in [2.24, 2.45) is 0 Å². The van der Waals surface area contributed by atoms with Crippen LogP contribution in [0.1, 0.15) is 29.1 Å². The molecule has 0 aliphatic rings. The van der Waals surface area contributed by atoms with E-state index >= 15 is 0 Å². The lowest BCUT2D eigenvalue weighted by Gasteiger charge is -2.14. The fourth-order valence-electron chi connectivity index (χ4n) is 1.90. The van der Waals surface area contributed by atoms with Gasteiger partial charge >= 0.3 is 5.97 Å². The molecule has 1 atom stereocenters. The predicted molar refractivity (Wildman–Crippen MR) is 73.9 cm³/mol. The zero-order valence-corrected chi connectivity index (χ0v) is 11.9.